The average Bonchev–Trinajstić information content (AvgIpc) is 2.95. The average molecular weight is 369 g/mol. The number of rotatable bonds is 7. The van der Waals surface area contributed by atoms with E-state index in [0.717, 1.165) is 41.7 Å². The molecule has 0 amide bonds. The van der Waals surface area contributed by atoms with Gasteiger partial charge in [-0.25, -0.2) is 4.99 Å². The summed E-state index contributed by atoms with van der Waals surface area (Å²) >= 11 is 0. The molecule has 0 spiro atoms. The maximum Gasteiger partial charge on any atom is 0.191 e. The third kappa shape index (κ3) is 6.09. The van der Waals surface area contributed by atoms with Crippen LogP contribution in [0.25, 0.3) is 0 Å². The number of ether oxygens (including phenoxy) is 3. The quantitative estimate of drug-likeness (QED) is 0.446. The number of nitrogens with zero attached hydrogens (tertiary/aromatic N) is 1. The van der Waals surface area contributed by atoms with Gasteiger partial charge in [0.2, 0.25) is 0 Å². The third-order valence-electron chi connectivity index (χ3n) is 3.98. The molecule has 2 aromatic rings. The molecular weight excluding hydrogens is 342 g/mol. The van der Waals surface area contributed by atoms with Gasteiger partial charge in [0, 0.05) is 13.0 Å². The minimum atomic E-state index is 0.561. The molecule has 2 N–H and O–H groups in total. The van der Waals surface area contributed by atoms with Crippen LogP contribution < -0.4 is 24.8 Å². The Labute approximate surface area is 160 Å². The Morgan fingerprint density at radius 1 is 1.04 bits per heavy atom. The minimum absolute atomic E-state index is 0.561. The number of guanidine groups is 1. The van der Waals surface area contributed by atoms with E-state index in [-0.39, 0.29) is 0 Å². The number of aliphatic imine (C=N–C) groups is 1. The molecule has 0 aromatic heterocycles. The summed E-state index contributed by atoms with van der Waals surface area (Å²) in [5.74, 6) is 3.24. The SMILES string of the molecule is CCNC(=NCc1ccc2c(c1)OCCCO2)NCCOc1ccccc1. The maximum atomic E-state index is 5.74. The molecule has 1 aliphatic heterocycles. The smallest absolute Gasteiger partial charge is 0.191 e. The second-order valence-corrected chi connectivity index (χ2v) is 6.12. The van der Waals surface area contributed by atoms with Gasteiger partial charge in [-0.15, -0.1) is 0 Å². The van der Waals surface area contributed by atoms with Crippen LogP contribution in [0.2, 0.25) is 0 Å². The Morgan fingerprint density at radius 3 is 2.67 bits per heavy atom. The second-order valence-electron chi connectivity index (χ2n) is 6.12. The number of fused-ring (bicyclic) bond motifs is 1. The summed E-state index contributed by atoms with van der Waals surface area (Å²) in [5, 5.41) is 6.54. The molecule has 0 fully saturated rings. The van der Waals surface area contributed by atoms with E-state index in [1.54, 1.807) is 0 Å². The van der Waals surface area contributed by atoms with Crippen LogP contribution in [-0.4, -0.2) is 38.9 Å². The van der Waals surface area contributed by atoms with Gasteiger partial charge in [-0.1, -0.05) is 24.3 Å². The molecule has 0 saturated heterocycles. The van der Waals surface area contributed by atoms with Gasteiger partial charge in [-0.05, 0) is 36.8 Å². The fraction of sp³-hybridized carbons (Fsp3) is 0.381. The molecule has 3 rings (SSSR count). The van der Waals surface area contributed by atoms with Crippen LogP contribution in [0.3, 0.4) is 0 Å². The number of para-hydroxylation sites is 1. The lowest BCUT2D eigenvalue weighted by Crippen LogP contribution is -2.39. The zero-order chi connectivity index (χ0) is 18.7. The molecule has 0 saturated carbocycles. The zero-order valence-corrected chi connectivity index (χ0v) is 15.7. The van der Waals surface area contributed by atoms with Crippen molar-refractivity contribution in [1.29, 1.82) is 0 Å². The Hall–Kier alpha value is -2.89. The highest BCUT2D eigenvalue weighted by Crippen LogP contribution is 2.30. The fourth-order valence-electron chi connectivity index (χ4n) is 2.67. The van der Waals surface area contributed by atoms with Crippen molar-refractivity contribution in [3.05, 3.63) is 54.1 Å². The predicted molar refractivity (Wildman–Crippen MR) is 107 cm³/mol. The van der Waals surface area contributed by atoms with Gasteiger partial charge < -0.3 is 24.8 Å². The molecule has 0 unspecified atom stereocenters. The van der Waals surface area contributed by atoms with Gasteiger partial charge in [0.25, 0.3) is 0 Å². The van der Waals surface area contributed by atoms with E-state index < -0.39 is 0 Å². The van der Waals surface area contributed by atoms with E-state index in [1.165, 1.54) is 0 Å². The normalized spacial score (nSPS) is 13.6. The summed E-state index contributed by atoms with van der Waals surface area (Å²) < 4.78 is 17.1. The fourth-order valence-corrected chi connectivity index (χ4v) is 2.67. The molecule has 2 aromatic carbocycles. The zero-order valence-electron chi connectivity index (χ0n) is 15.7. The molecule has 1 heterocycles. The van der Waals surface area contributed by atoms with E-state index in [4.69, 9.17) is 14.2 Å². The molecular formula is C21H27N3O3. The van der Waals surface area contributed by atoms with Crippen LogP contribution in [0.4, 0.5) is 0 Å². The van der Waals surface area contributed by atoms with Gasteiger partial charge in [0.1, 0.15) is 12.4 Å². The first-order valence-electron chi connectivity index (χ1n) is 9.43. The Morgan fingerprint density at radius 2 is 1.85 bits per heavy atom. The van der Waals surface area contributed by atoms with Crippen molar-refractivity contribution in [2.24, 2.45) is 4.99 Å². The van der Waals surface area contributed by atoms with Crippen LogP contribution in [0.15, 0.2) is 53.5 Å². The number of nitrogens with one attached hydrogen (secondary N) is 2. The van der Waals surface area contributed by atoms with Gasteiger partial charge in [0.15, 0.2) is 17.5 Å². The van der Waals surface area contributed by atoms with Gasteiger partial charge in [-0.2, -0.15) is 0 Å². The summed E-state index contributed by atoms with van der Waals surface area (Å²) in [4.78, 5) is 4.64. The molecule has 144 valence electrons. The third-order valence-corrected chi connectivity index (χ3v) is 3.98. The van der Waals surface area contributed by atoms with Crippen molar-refractivity contribution in [3.63, 3.8) is 0 Å². The molecule has 6 heteroatoms. The standard InChI is InChI=1S/C21H27N3O3/c1-2-22-21(23-11-14-25-18-7-4-3-5-8-18)24-16-17-9-10-19-20(15-17)27-13-6-12-26-19/h3-5,7-10,15H,2,6,11-14,16H2,1H3,(H2,22,23,24). The number of hydrogen-bond acceptors (Lipinski definition) is 4. The van der Waals surface area contributed by atoms with E-state index >= 15 is 0 Å². The molecule has 0 radical (unpaired) electrons. The van der Waals surface area contributed by atoms with Gasteiger partial charge in [0.05, 0.1) is 26.3 Å². The van der Waals surface area contributed by atoms with Crippen molar-refractivity contribution in [1.82, 2.24) is 10.6 Å². The van der Waals surface area contributed by atoms with Crippen molar-refractivity contribution in [3.8, 4) is 17.2 Å². The van der Waals surface area contributed by atoms with E-state index in [0.29, 0.717) is 32.9 Å². The van der Waals surface area contributed by atoms with Gasteiger partial charge in [-0.3, -0.25) is 0 Å². The molecule has 27 heavy (non-hydrogen) atoms. The lowest BCUT2D eigenvalue weighted by Gasteiger charge is -2.12. The summed E-state index contributed by atoms with van der Waals surface area (Å²) in [6, 6.07) is 15.8. The van der Waals surface area contributed by atoms with Crippen molar-refractivity contribution in [2.75, 3.05) is 32.9 Å². The van der Waals surface area contributed by atoms with E-state index in [1.807, 2.05) is 55.5 Å². The van der Waals surface area contributed by atoms with E-state index in [9.17, 15) is 0 Å². The summed E-state index contributed by atoms with van der Waals surface area (Å²) in [6.45, 7) is 6.03. The Bertz CT molecular complexity index is 735. The van der Waals surface area contributed by atoms with Crippen LogP contribution in [-0.2, 0) is 6.54 Å². The molecule has 0 aliphatic carbocycles. The predicted octanol–water partition coefficient (Wildman–Crippen LogP) is 2.98. The summed E-state index contributed by atoms with van der Waals surface area (Å²) in [6.07, 6.45) is 0.904. The highest BCUT2D eigenvalue weighted by atomic mass is 16.5. The second kappa shape index (κ2) is 10.3. The largest absolute Gasteiger partial charge is 0.492 e. The van der Waals surface area contributed by atoms with Crippen molar-refractivity contribution in [2.45, 2.75) is 19.9 Å². The lowest BCUT2D eigenvalue weighted by molar-refractivity contribution is 0.297. The Balaban J connectivity index is 1.51. The molecule has 6 nitrogen and oxygen atoms in total. The monoisotopic (exact) mass is 369 g/mol. The lowest BCUT2D eigenvalue weighted by atomic mass is 10.2. The first-order valence-corrected chi connectivity index (χ1v) is 9.43. The number of benzene rings is 2. The van der Waals surface area contributed by atoms with Crippen LogP contribution >= 0.6 is 0 Å². The minimum Gasteiger partial charge on any atom is -0.492 e. The van der Waals surface area contributed by atoms with Gasteiger partial charge >= 0.3 is 0 Å². The highest BCUT2D eigenvalue weighted by molar-refractivity contribution is 5.79. The number of hydrogen-bond donors (Lipinski definition) is 2. The van der Waals surface area contributed by atoms with Crippen LogP contribution in [0.1, 0.15) is 18.9 Å². The summed E-state index contributed by atoms with van der Waals surface area (Å²) in [7, 11) is 0. The maximum absolute atomic E-state index is 5.74. The van der Waals surface area contributed by atoms with Crippen molar-refractivity contribution >= 4 is 5.96 Å². The van der Waals surface area contributed by atoms with E-state index in [2.05, 4.69) is 15.6 Å². The van der Waals surface area contributed by atoms with Crippen molar-refractivity contribution < 1.29 is 14.2 Å². The molecule has 0 bridgehead atoms. The molecule has 0 atom stereocenters. The van der Waals surface area contributed by atoms with Crippen LogP contribution in [0, 0.1) is 0 Å². The molecule has 1 aliphatic rings. The summed E-state index contributed by atoms with van der Waals surface area (Å²) in [5.41, 5.74) is 1.08. The highest BCUT2D eigenvalue weighted by Gasteiger charge is 2.10. The topological polar surface area (TPSA) is 64.1 Å². The first-order chi connectivity index (χ1) is 13.3. The Kier molecular flexibility index (Phi) is 7.21. The first kappa shape index (κ1) is 18.9. The van der Waals surface area contributed by atoms with Crippen LogP contribution in [0.5, 0.6) is 17.2 Å².